The van der Waals surface area contributed by atoms with Crippen LogP contribution in [0.15, 0.2) is 61.2 Å². The zero-order valence-electron chi connectivity index (χ0n) is 18.6. The van der Waals surface area contributed by atoms with Crippen LogP contribution in [0.25, 0.3) is 0 Å². The summed E-state index contributed by atoms with van der Waals surface area (Å²) in [4.78, 5) is 12.0. The SMILES string of the molecule is CC.CC.Cc1ccc(C)nc1.Cc1ccc(C)nc1.Cc1cccnc1. The molecule has 148 valence electrons. The normalized spacial score (nSPS) is 8.19. The van der Waals surface area contributed by atoms with Crippen LogP contribution in [0.3, 0.4) is 0 Å². The second kappa shape index (κ2) is 18.2. The molecule has 3 heterocycles. The van der Waals surface area contributed by atoms with E-state index in [2.05, 4.69) is 27.1 Å². The monoisotopic (exact) mass is 367 g/mol. The Kier molecular flexibility index (Phi) is 18.0. The van der Waals surface area contributed by atoms with E-state index in [0.29, 0.717) is 0 Å². The van der Waals surface area contributed by atoms with E-state index in [-0.39, 0.29) is 0 Å². The second-order valence-corrected chi connectivity index (χ2v) is 5.48. The molecule has 0 fully saturated rings. The highest BCUT2D eigenvalue weighted by atomic mass is 14.7. The molecule has 0 radical (unpaired) electrons. The van der Waals surface area contributed by atoms with Gasteiger partial charge in [-0.2, -0.15) is 0 Å². The van der Waals surface area contributed by atoms with Crippen molar-refractivity contribution in [2.45, 2.75) is 62.3 Å². The summed E-state index contributed by atoms with van der Waals surface area (Å²) in [7, 11) is 0. The lowest BCUT2D eigenvalue weighted by Gasteiger charge is -1.89. The molecule has 3 heteroatoms. The van der Waals surface area contributed by atoms with Gasteiger partial charge in [-0.3, -0.25) is 15.0 Å². The van der Waals surface area contributed by atoms with Gasteiger partial charge in [-0.25, -0.2) is 0 Å². The number of rotatable bonds is 0. The summed E-state index contributed by atoms with van der Waals surface area (Å²) < 4.78 is 0. The second-order valence-electron chi connectivity index (χ2n) is 5.48. The summed E-state index contributed by atoms with van der Waals surface area (Å²) in [6.07, 6.45) is 7.34. The summed E-state index contributed by atoms with van der Waals surface area (Å²) >= 11 is 0. The quantitative estimate of drug-likeness (QED) is 0.436. The van der Waals surface area contributed by atoms with Crippen molar-refractivity contribution in [2.24, 2.45) is 0 Å². The van der Waals surface area contributed by atoms with Crippen molar-refractivity contribution < 1.29 is 0 Å². The smallest absolute Gasteiger partial charge is 0.0372 e. The highest BCUT2D eigenvalue weighted by molar-refractivity contribution is 5.11. The van der Waals surface area contributed by atoms with Crippen LogP contribution in [0, 0.1) is 34.6 Å². The Labute approximate surface area is 167 Å². The molecule has 3 aromatic rings. The minimum Gasteiger partial charge on any atom is -0.264 e. The predicted octanol–water partition coefficient (Wildman–Crippen LogP) is 6.84. The van der Waals surface area contributed by atoms with E-state index < -0.39 is 0 Å². The molecule has 0 aliphatic carbocycles. The third kappa shape index (κ3) is 16.7. The lowest BCUT2D eigenvalue weighted by atomic mass is 10.3. The van der Waals surface area contributed by atoms with E-state index in [1.807, 2.05) is 105 Å². The average Bonchev–Trinajstić information content (AvgIpc) is 2.71. The molecule has 0 amide bonds. The van der Waals surface area contributed by atoms with Crippen LogP contribution in [0.4, 0.5) is 0 Å². The zero-order chi connectivity index (χ0) is 21.1. The molecule has 0 spiro atoms. The number of hydrogen-bond donors (Lipinski definition) is 0. The number of aromatic nitrogens is 3. The van der Waals surface area contributed by atoms with Gasteiger partial charge in [0.1, 0.15) is 0 Å². The highest BCUT2D eigenvalue weighted by Gasteiger charge is 1.82. The van der Waals surface area contributed by atoms with E-state index in [1.54, 1.807) is 6.20 Å². The molecule has 0 aromatic carbocycles. The van der Waals surface area contributed by atoms with Crippen LogP contribution >= 0.6 is 0 Å². The maximum Gasteiger partial charge on any atom is 0.0372 e. The van der Waals surface area contributed by atoms with E-state index in [4.69, 9.17) is 0 Å². The third-order valence-corrected chi connectivity index (χ3v) is 2.93. The van der Waals surface area contributed by atoms with Gasteiger partial charge in [0, 0.05) is 36.2 Å². The first kappa shape index (κ1) is 26.7. The minimum atomic E-state index is 1.08. The largest absolute Gasteiger partial charge is 0.264 e. The predicted molar refractivity (Wildman–Crippen MR) is 119 cm³/mol. The molecule has 0 unspecified atom stereocenters. The van der Waals surface area contributed by atoms with Crippen LogP contribution in [0.1, 0.15) is 55.8 Å². The standard InChI is InChI=1S/2C7H9N.C6H7N.2C2H6/c2*1-6-3-4-7(2)8-5-6;1-6-3-2-4-7-5-6;2*1-2/h2*3-5H,1-2H3;2-5H,1H3;2*1-2H3. The molecule has 0 aliphatic rings. The maximum atomic E-state index is 4.08. The molecule has 3 aromatic heterocycles. The van der Waals surface area contributed by atoms with Crippen molar-refractivity contribution in [1.29, 1.82) is 0 Å². The van der Waals surface area contributed by atoms with Crippen LogP contribution in [0.5, 0.6) is 0 Å². The number of nitrogens with zero attached hydrogens (tertiary/aromatic N) is 3. The molecule has 3 nitrogen and oxygen atoms in total. The van der Waals surface area contributed by atoms with Crippen molar-refractivity contribution in [1.82, 2.24) is 15.0 Å². The Morgan fingerprint density at radius 1 is 0.519 bits per heavy atom. The number of aryl methyl sites for hydroxylation is 5. The Bertz CT molecular complexity index is 575. The average molecular weight is 368 g/mol. The molecule has 0 saturated carbocycles. The van der Waals surface area contributed by atoms with Crippen molar-refractivity contribution in [2.75, 3.05) is 0 Å². The summed E-state index contributed by atoms with van der Waals surface area (Å²) in [5.41, 5.74) is 5.81. The Balaban J connectivity index is 0. The van der Waals surface area contributed by atoms with Crippen molar-refractivity contribution in [3.8, 4) is 0 Å². The zero-order valence-corrected chi connectivity index (χ0v) is 18.6. The maximum absolute atomic E-state index is 4.08. The topological polar surface area (TPSA) is 38.7 Å². The molecular formula is C24H37N3. The molecule has 3 rings (SSSR count). The fourth-order valence-electron chi connectivity index (χ4n) is 1.53. The van der Waals surface area contributed by atoms with Gasteiger partial charge < -0.3 is 0 Å². The molecule has 0 bridgehead atoms. The van der Waals surface area contributed by atoms with Gasteiger partial charge >= 0.3 is 0 Å². The lowest BCUT2D eigenvalue weighted by Crippen LogP contribution is -1.78. The van der Waals surface area contributed by atoms with E-state index in [9.17, 15) is 0 Å². The molecular weight excluding hydrogens is 330 g/mol. The van der Waals surface area contributed by atoms with Crippen LogP contribution in [-0.4, -0.2) is 15.0 Å². The minimum absolute atomic E-state index is 1.08. The van der Waals surface area contributed by atoms with Gasteiger partial charge in [0.05, 0.1) is 0 Å². The lowest BCUT2D eigenvalue weighted by molar-refractivity contribution is 1.17. The number of pyridine rings is 3. The summed E-state index contributed by atoms with van der Waals surface area (Å²) in [5, 5.41) is 0. The molecule has 0 N–H and O–H groups in total. The Morgan fingerprint density at radius 2 is 0.926 bits per heavy atom. The molecule has 0 atom stereocenters. The molecule has 0 saturated heterocycles. The fraction of sp³-hybridized carbons (Fsp3) is 0.375. The van der Waals surface area contributed by atoms with E-state index in [0.717, 1.165) is 11.4 Å². The van der Waals surface area contributed by atoms with Gasteiger partial charge in [0.15, 0.2) is 0 Å². The van der Waals surface area contributed by atoms with E-state index >= 15 is 0 Å². The first-order valence-corrected chi connectivity index (χ1v) is 9.62. The van der Waals surface area contributed by atoms with Gasteiger partial charge in [-0.05, 0) is 69.5 Å². The number of hydrogen-bond acceptors (Lipinski definition) is 3. The first-order valence-electron chi connectivity index (χ1n) is 9.62. The van der Waals surface area contributed by atoms with Crippen molar-refractivity contribution >= 4 is 0 Å². The third-order valence-electron chi connectivity index (χ3n) is 2.93. The first-order chi connectivity index (χ1) is 13.0. The Morgan fingerprint density at radius 3 is 1.11 bits per heavy atom. The fourth-order valence-corrected chi connectivity index (χ4v) is 1.53. The van der Waals surface area contributed by atoms with Crippen LogP contribution < -0.4 is 0 Å². The van der Waals surface area contributed by atoms with Gasteiger partial charge in [-0.1, -0.05) is 45.9 Å². The van der Waals surface area contributed by atoms with E-state index in [1.165, 1.54) is 16.7 Å². The van der Waals surface area contributed by atoms with Crippen LogP contribution in [0.2, 0.25) is 0 Å². The summed E-state index contributed by atoms with van der Waals surface area (Å²) in [5.74, 6) is 0. The summed E-state index contributed by atoms with van der Waals surface area (Å²) in [6, 6.07) is 12.1. The molecule has 27 heavy (non-hydrogen) atoms. The Hall–Kier alpha value is -2.55. The highest BCUT2D eigenvalue weighted by Crippen LogP contribution is 1.95. The molecule has 0 aliphatic heterocycles. The van der Waals surface area contributed by atoms with Crippen LogP contribution in [-0.2, 0) is 0 Å². The van der Waals surface area contributed by atoms with Gasteiger partial charge in [-0.15, -0.1) is 0 Å². The van der Waals surface area contributed by atoms with Gasteiger partial charge in [0.2, 0.25) is 0 Å². The van der Waals surface area contributed by atoms with Gasteiger partial charge in [0.25, 0.3) is 0 Å². The van der Waals surface area contributed by atoms with Crippen molar-refractivity contribution in [3.63, 3.8) is 0 Å². The van der Waals surface area contributed by atoms with Crippen molar-refractivity contribution in [3.05, 3.63) is 89.3 Å². The summed E-state index contributed by atoms with van der Waals surface area (Å²) in [6.45, 7) is 18.1.